The van der Waals surface area contributed by atoms with Crippen LogP contribution in [0.1, 0.15) is 10.4 Å². The summed E-state index contributed by atoms with van der Waals surface area (Å²) in [5, 5.41) is 9.12. The number of aromatic nitrogens is 2. The quantitative estimate of drug-likeness (QED) is 0.796. The Balaban J connectivity index is 1.69. The van der Waals surface area contributed by atoms with Crippen molar-refractivity contribution in [3.05, 3.63) is 54.4 Å². The number of benzene rings is 2. The third-order valence-corrected chi connectivity index (χ3v) is 4.77. The van der Waals surface area contributed by atoms with Gasteiger partial charge in [0.05, 0.1) is 16.6 Å². The van der Waals surface area contributed by atoms with Gasteiger partial charge in [-0.25, -0.2) is 9.78 Å². The summed E-state index contributed by atoms with van der Waals surface area (Å²) in [5.41, 5.74) is 4.07. The van der Waals surface area contributed by atoms with Crippen LogP contribution in [0.3, 0.4) is 0 Å². The molecule has 0 bridgehead atoms. The van der Waals surface area contributed by atoms with Crippen LogP contribution in [0.5, 0.6) is 0 Å². The average molecular weight is 336 g/mol. The normalized spacial score (nSPS) is 15.6. The van der Waals surface area contributed by atoms with Crippen molar-refractivity contribution in [2.45, 2.75) is 0 Å². The van der Waals surface area contributed by atoms with E-state index < -0.39 is 5.97 Å². The molecule has 0 unspecified atom stereocenters. The maximum Gasteiger partial charge on any atom is 0.335 e. The smallest absolute Gasteiger partial charge is 0.335 e. The molecule has 1 aliphatic rings. The van der Waals surface area contributed by atoms with Gasteiger partial charge in [-0.2, -0.15) is 0 Å². The van der Waals surface area contributed by atoms with E-state index in [-0.39, 0.29) is 5.56 Å². The summed E-state index contributed by atoms with van der Waals surface area (Å²) < 4.78 is 2.00. The third-order valence-electron chi connectivity index (χ3n) is 4.77. The van der Waals surface area contributed by atoms with E-state index in [1.807, 2.05) is 16.7 Å². The minimum atomic E-state index is -0.937. The van der Waals surface area contributed by atoms with Crippen LogP contribution >= 0.6 is 0 Å². The van der Waals surface area contributed by atoms with Gasteiger partial charge in [-0.05, 0) is 43.4 Å². The second kappa shape index (κ2) is 6.22. The molecule has 1 aromatic heterocycles. The van der Waals surface area contributed by atoms with Crippen LogP contribution in [0.25, 0.3) is 16.7 Å². The second-order valence-electron chi connectivity index (χ2n) is 6.43. The number of carboxylic acid groups (broad SMARTS) is 1. The van der Waals surface area contributed by atoms with Crippen LogP contribution in [0.15, 0.2) is 48.8 Å². The Morgan fingerprint density at radius 2 is 1.80 bits per heavy atom. The molecular weight excluding hydrogens is 316 g/mol. The van der Waals surface area contributed by atoms with Crippen molar-refractivity contribution >= 4 is 22.7 Å². The minimum Gasteiger partial charge on any atom is -0.478 e. The van der Waals surface area contributed by atoms with E-state index >= 15 is 0 Å². The number of fused-ring (bicyclic) bond motifs is 1. The number of carboxylic acids is 1. The molecule has 0 spiro atoms. The molecule has 0 amide bonds. The third kappa shape index (κ3) is 2.96. The Bertz CT molecular complexity index is 926. The molecule has 0 saturated carbocycles. The van der Waals surface area contributed by atoms with Crippen molar-refractivity contribution in [1.29, 1.82) is 0 Å². The SMILES string of the molecule is CN1CCN(c2cccc(-n3cnc4cc(C(=O)O)ccc43)c2)CC1. The van der Waals surface area contributed by atoms with Crippen molar-refractivity contribution in [3.63, 3.8) is 0 Å². The number of hydrogen-bond acceptors (Lipinski definition) is 4. The molecule has 3 aromatic rings. The highest BCUT2D eigenvalue weighted by molar-refractivity contribution is 5.92. The molecule has 0 radical (unpaired) electrons. The van der Waals surface area contributed by atoms with E-state index in [4.69, 9.17) is 5.11 Å². The van der Waals surface area contributed by atoms with E-state index in [0.29, 0.717) is 5.52 Å². The molecule has 2 aromatic carbocycles. The van der Waals surface area contributed by atoms with Crippen LogP contribution < -0.4 is 4.90 Å². The first-order valence-electron chi connectivity index (χ1n) is 8.36. The topological polar surface area (TPSA) is 61.6 Å². The van der Waals surface area contributed by atoms with Gasteiger partial charge in [-0.3, -0.25) is 4.57 Å². The highest BCUT2D eigenvalue weighted by Gasteiger charge is 2.15. The molecule has 1 aliphatic heterocycles. The summed E-state index contributed by atoms with van der Waals surface area (Å²) in [4.78, 5) is 20.2. The van der Waals surface area contributed by atoms with Gasteiger partial charge >= 0.3 is 5.97 Å². The summed E-state index contributed by atoms with van der Waals surface area (Å²) in [6.07, 6.45) is 1.75. The summed E-state index contributed by atoms with van der Waals surface area (Å²) in [6.45, 7) is 4.17. The fraction of sp³-hybridized carbons (Fsp3) is 0.263. The highest BCUT2D eigenvalue weighted by atomic mass is 16.4. The van der Waals surface area contributed by atoms with Gasteiger partial charge in [0.15, 0.2) is 0 Å². The first kappa shape index (κ1) is 15.7. The predicted molar refractivity (Wildman–Crippen MR) is 97.7 cm³/mol. The van der Waals surface area contributed by atoms with Crippen LogP contribution in [0.2, 0.25) is 0 Å². The summed E-state index contributed by atoms with van der Waals surface area (Å²) in [6, 6.07) is 13.4. The Labute approximate surface area is 145 Å². The number of piperazine rings is 1. The van der Waals surface area contributed by atoms with Crippen molar-refractivity contribution in [2.24, 2.45) is 0 Å². The van der Waals surface area contributed by atoms with E-state index in [0.717, 1.165) is 37.4 Å². The zero-order valence-corrected chi connectivity index (χ0v) is 14.1. The molecular formula is C19H20N4O2. The second-order valence-corrected chi connectivity index (χ2v) is 6.43. The minimum absolute atomic E-state index is 0.254. The van der Waals surface area contributed by atoms with E-state index in [9.17, 15) is 4.79 Å². The standard InChI is InChI=1S/C19H20N4O2/c1-21-7-9-22(10-8-21)15-3-2-4-16(12-15)23-13-20-17-11-14(19(24)25)5-6-18(17)23/h2-6,11-13H,7-10H2,1H3,(H,24,25). The average Bonchev–Trinajstić information content (AvgIpc) is 3.05. The molecule has 4 rings (SSSR count). The summed E-state index contributed by atoms with van der Waals surface area (Å²) >= 11 is 0. The molecule has 0 aliphatic carbocycles. The number of nitrogens with zero attached hydrogens (tertiary/aromatic N) is 4. The number of anilines is 1. The van der Waals surface area contributed by atoms with Gasteiger partial charge in [0.1, 0.15) is 6.33 Å². The van der Waals surface area contributed by atoms with Crippen molar-refractivity contribution < 1.29 is 9.90 Å². The number of likely N-dealkylation sites (N-methyl/N-ethyl adjacent to an activating group) is 1. The maximum atomic E-state index is 11.1. The predicted octanol–water partition coefficient (Wildman–Crippen LogP) is 2.48. The first-order chi connectivity index (χ1) is 12.1. The molecule has 6 nitrogen and oxygen atoms in total. The lowest BCUT2D eigenvalue weighted by Gasteiger charge is -2.34. The van der Waals surface area contributed by atoms with E-state index in [1.54, 1.807) is 18.5 Å². The van der Waals surface area contributed by atoms with Gasteiger partial charge in [0.2, 0.25) is 0 Å². The molecule has 6 heteroatoms. The number of rotatable bonds is 3. The van der Waals surface area contributed by atoms with Crippen LogP contribution in [-0.2, 0) is 0 Å². The number of carbonyl (C=O) groups is 1. The number of aromatic carboxylic acids is 1. The monoisotopic (exact) mass is 336 g/mol. The zero-order chi connectivity index (χ0) is 17.4. The molecule has 1 N–H and O–H groups in total. The van der Waals surface area contributed by atoms with Gasteiger partial charge in [0, 0.05) is 37.6 Å². The first-order valence-corrected chi connectivity index (χ1v) is 8.36. The van der Waals surface area contributed by atoms with E-state index in [2.05, 4.69) is 40.0 Å². The lowest BCUT2D eigenvalue weighted by atomic mass is 10.2. The summed E-state index contributed by atoms with van der Waals surface area (Å²) in [5.74, 6) is -0.937. The molecule has 1 fully saturated rings. The lowest BCUT2D eigenvalue weighted by Crippen LogP contribution is -2.44. The fourth-order valence-corrected chi connectivity index (χ4v) is 3.26. The zero-order valence-electron chi connectivity index (χ0n) is 14.1. The van der Waals surface area contributed by atoms with Crippen molar-refractivity contribution in [2.75, 3.05) is 38.1 Å². The van der Waals surface area contributed by atoms with E-state index in [1.165, 1.54) is 5.69 Å². The van der Waals surface area contributed by atoms with Crippen LogP contribution in [0, 0.1) is 0 Å². The maximum absolute atomic E-state index is 11.1. The summed E-state index contributed by atoms with van der Waals surface area (Å²) in [7, 11) is 2.15. The van der Waals surface area contributed by atoms with Crippen LogP contribution in [0.4, 0.5) is 5.69 Å². The van der Waals surface area contributed by atoms with Crippen molar-refractivity contribution in [3.8, 4) is 5.69 Å². The molecule has 1 saturated heterocycles. The Kier molecular flexibility index (Phi) is 3.89. The van der Waals surface area contributed by atoms with Gasteiger partial charge in [-0.1, -0.05) is 6.07 Å². The van der Waals surface area contributed by atoms with Gasteiger partial charge < -0.3 is 14.9 Å². The highest BCUT2D eigenvalue weighted by Crippen LogP contribution is 2.24. The molecule has 128 valence electrons. The lowest BCUT2D eigenvalue weighted by molar-refractivity contribution is 0.0697. The number of imidazole rings is 1. The Hall–Kier alpha value is -2.86. The van der Waals surface area contributed by atoms with Gasteiger partial charge in [-0.15, -0.1) is 0 Å². The molecule has 25 heavy (non-hydrogen) atoms. The van der Waals surface area contributed by atoms with Crippen molar-refractivity contribution in [1.82, 2.24) is 14.5 Å². The largest absolute Gasteiger partial charge is 0.478 e. The molecule has 2 heterocycles. The fourth-order valence-electron chi connectivity index (χ4n) is 3.26. The number of hydrogen-bond donors (Lipinski definition) is 1. The Morgan fingerprint density at radius 1 is 1.04 bits per heavy atom. The Morgan fingerprint density at radius 3 is 2.56 bits per heavy atom. The van der Waals surface area contributed by atoms with Crippen LogP contribution in [-0.4, -0.2) is 58.8 Å². The molecule has 0 atom stereocenters. The van der Waals surface area contributed by atoms with Gasteiger partial charge in [0.25, 0.3) is 0 Å².